The Morgan fingerprint density at radius 3 is 2.75 bits per heavy atom. The molecule has 24 heavy (non-hydrogen) atoms. The normalized spacial score (nSPS) is 10.2. The number of nitrogens with two attached hydrogens (primary N) is 1. The lowest BCUT2D eigenvalue weighted by Gasteiger charge is -2.14. The highest BCUT2D eigenvalue weighted by atomic mass is 16.5. The first-order chi connectivity index (χ1) is 11.6. The molecule has 0 bridgehead atoms. The average molecular weight is 334 g/mol. The summed E-state index contributed by atoms with van der Waals surface area (Å²) in [5.74, 6) is -0.331. The number of hydrogen-bond donors (Lipinski definition) is 2. The number of primary amides is 1. The predicted molar refractivity (Wildman–Crippen MR) is 83.6 cm³/mol. The topological polar surface area (TPSA) is 129 Å². The molecule has 1 aromatic carbocycles. The van der Waals surface area contributed by atoms with Crippen molar-refractivity contribution in [3.8, 4) is 22.8 Å². The van der Waals surface area contributed by atoms with E-state index in [2.05, 4.69) is 15.4 Å². The number of H-pyrrole nitrogens is 1. The molecule has 0 atom stereocenters. The van der Waals surface area contributed by atoms with Gasteiger partial charge in [0, 0.05) is 0 Å². The molecule has 1 aromatic heterocycles. The van der Waals surface area contributed by atoms with Gasteiger partial charge in [-0.2, -0.15) is 15.4 Å². The van der Waals surface area contributed by atoms with E-state index >= 15 is 0 Å². The van der Waals surface area contributed by atoms with Gasteiger partial charge in [0.05, 0.1) is 32.3 Å². The van der Waals surface area contributed by atoms with E-state index < -0.39 is 5.91 Å². The number of ether oxygens (including phenoxy) is 3. The second kappa shape index (κ2) is 7.95. The first-order valence-corrected chi connectivity index (χ1v) is 7.24. The Bertz CT molecular complexity index is 728. The smallest absolute Gasteiger partial charge is 0.309 e. The number of nitrogens with zero attached hydrogens (tertiary/aromatic N) is 2. The van der Waals surface area contributed by atoms with E-state index in [1.54, 1.807) is 25.1 Å². The molecule has 0 spiro atoms. The van der Waals surface area contributed by atoms with Crippen LogP contribution in [0.25, 0.3) is 11.3 Å². The van der Waals surface area contributed by atoms with Gasteiger partial charge >= 0.3 is 5.97 Å². The molecule has 0 unspecified atom stereocenters. The van der Waals surface area contributed by atoms with Crippen molar-refractivity contribution in [2.75, 3.05) is 20.3 Å². The minimum Gasteiger partial charge on any atom is -0.493 e. The van der Waals surface area contributed by atoms with Crippen LogP contribution in [0.5, 0.6) is 11.5 Å². The van der Waals surface area contributed by atoms with Gasteiger partial charge in [0.1, 0.15) is 5.69 Å². The zero-order valence-electron chi connectivity index (χ0n) is 13.4. The van der Waals surface area contributed by atoms with E-state index in [0.717, 1.165) is 0 Å². The summed E-state index contributed by atoms with van der Waals surface area (Å²) in [6, 6.07) is 5.09. The van der Waals surface area contributed by atoms with Crippen molar-refractivity contribution in [1.82, 2.24) is 15.4 Å². The van der Waals surface area contributed by atoms with Crippen LogP contribution in [0.4, 0.5) is 0 Å². The van der Waals surface area contributed by atoms with Crippen LogP contribution in [0.1, 0.15) is 23.8 Å². The number of amides is 1. The van der Waals surface area contributed by atoms with E-state index in [1.165, 1.54) is 7.11 Å². The lowest BCUT2D eigenvalue weighted by molar-refractivity contribution is -0.143. The van der Waals surface area contributed by atoms with Crippen molar-refractivity contribution in [3.05, 3.63) is 23.9 Å². The molecule has 0 aliphatic carbocycles. The SMILES string of the molecule is CCOC(=O)CCOc1c(OC)cccc1-c1n[nH]nc1C(N)=O. The number of hydrogen-bond acceptors (Lipinski definition) is 7. The Morgan fingerprint density at radius 2 is 2.08 bits per heavy atom. The molecular weight excluding hydrogens is 316 g/mol. The molecule has 3 N–H and O–H groups in total. The van der Waals surface area contributed by atoms with Crippen LogP contribution < -0.4 is 15.2 Å². The van der Waals surface area contributed by atoms with Crippen LogP contribution >= 0.6 is 0 Å². The first kappa shape index (κ1) is 17.3. The van der Waals surface area contributed by atoms with Gasteiger partial charge in [-0.05, 0) is 19.1 Å². The number of rotatable bonds is 8. The van der Waals surface area contributed by atoms with Gasteiger partial charge in [0.15, 0.2) is 17.2 Å². The van der Waals surface area contributed by atoms with Crippen molar-refractivity contribution in [3.63, 3.8) is 0 Å². The fourth-order valence-electron chi connectivity index (χ4n) is 2.07. The van der Waals surface area contributed by atoms with Crippen LogP contribution in [-0.4, -0.2) is 47.6 Å². The molecule has 0 saturated carbocycles. The molecule has 0 aliphatic rings. The third-order valence-electron chi connectivity index (χ3n) is 3.09. The van der Waals surface area contributed by atoms with Gasteiger partial charge in [0.2, 0.25) is 0 Å². The van der Waals surface area contributed by atoms with Crippen LogP contribution in [0.3, 0.4) is 0 Å². The highest BCUT2D eigenvalue weighted by Gasteiger charge is 2.21. The standard InChI is InChI=1S/C15H18N4O5/c1-3-23-11(20)7-8-24-14-9(5-4-6-10(14)22-2)12-13(15(16)21)18-19-17-12/h4-6H,3,7-8H2,1-2H3,(H2,16,21)(H,17,18,19). The minimum atomic E-state index is -0.723. The number of carbonyl (C=O) groups excluding carboxylic acids is 2. The van der Waals surface area contributed by atoms with Crippen molar-refractivity contribution in [2.45, 2.75) is 13.3 Å². The monoisotopic (exact) mass is 334 g/mol. The second-order valence-electron chi connectivity index (χ2n) is 4.63. The number of carbonyl (C=O) groups is 2. The van der Waals surface area contributed by atoms with E-state index in [1.807, 2.05) is 0 Å². The quantitative estimate of drug-likeness (QED) is 0.686. The summed E-state index contributed by atoms with van der Waals surface area (Å²) in [5.41, 5.74) is 6.00. The van der Waals surface area contributed by atoms with Gasteiger partial charge in [-0.3, -0.25) is 9.59 Å². The summed E-state index contributed by atoms with van der Waals surface area (Å²) < 4.78 is 15.8. The molecule has 1 heterocycles. The summed E-state index contributed by atoms with van der Waals surface area (Å²) in [6.07, 6.45) is 0.0762. The summed E-state index contributed by atoms with van der Waals surface area (Å²) in [5, 5.41) is 10.1. The predicted octanol–water partition coefficient (Wildman–Crippen LogP) is 0.911. The Kier molecular flexibility index (Phi) is 5.72. The lowest BCUT2D eigenvalue weighted by Crippen LogP contribution is -2.13. The highest BCUT2D eigenvalue weighted by molar-refractivity contribution is 5.97. The highest BCUT2D eigenvalue weighted by Crippen LogP contribution is 2.38. The molecule has 0 aliphatic heterocycles. The Labute approximate surface area is 138 Å². The van der Waals surface area contributed by atoms with Crippen molar-refractivity contribution < 1.29 is 23.8 Å². The molecule has 128 valence electrons. The van der Waals surface area contributed by atoms with Gasteiger partial charge in [-0.25, -0.2) is 0 Å². The summed E-state index contributed by atoms with van der Waals surface area (Å²) in [6.45, 7) is 2.11. The van der Waals surface area contributed by atoms with Crippen molar-refractivity contribution >= 4 is 11.9 Å². The lowest BCUT2D eigenvalue weighted by atomic mass is 10.1. The summed E-state index contributed by atoms with van der Waals surface area (Å²) >= 11 is 0. The first-order valence-electron chi connectivity index (χ1n) is 7.24. The molecule has 0 saturated heterocycles. The number of nitrogens with one attached hydrogen (secondary N) is 1. The van der Waals surface area contributed by atoms with Gasteiger partial charge in [0.25, 0.3) is 5.91 Å². The number of methoxy groups -OCH3 is 1. The largest absolute Gasteiger partial charge is 0.493 e. The van der Waals surface area contributed by atoms with Gasteiger partial charge in [-0.15, -0.1) is 0 Å². The van der Waals surface area contributed by atoms with Crippen LogP contribution in [0, 0.1) is 0 Å². The van der Waals surface area contributed by atoms with Crippen LogP contribution in [-0.2, 0) is 9.53 Å². The maximum Gasteiger partial charge on any atom is 0.309 e. The van der Waals surface area contributed by atoms with Crippen LogP contribution in [0.2, 0.25) is 0 Å². The molecule has 9 nitrogen and oxygen atoms in total. The summed E-state index contributed by atoms with van der Waals surface area (Å²) in [7, 11) is 1.48. The third-order valence-corrected chi connectivity index (χ3v) is 3.09. The van der Waals surface area contributed by atoms with E-state index in [-0.39, 0.29) is 30.4 Å². The Hall–Kier alpha value is -3.10. The number of aromatic nitrogens is 3. The fraction of sp³-hybridized carbons (Fsp3) is 0.333. The Morgan fingerprint density at radius 1 is 1.29 bits per heavy atom. The number of para-hydroxylation sites is 1. The van der Waals surface area contributed by atoms with Crippen molar-refractivity contribution in [1.29, 1.82) is 0 Å². The Balaban J connectivity index is 2.30. The number of benzene rings is 1. The third kappa shape index (κ3) is 3.80. The maximum absolute atomic E-state index is 11.5. The molecule has 0 fully saturated rings. The molecule has 0 radical (unpaired) electrons. The van der Waals surface area contributed by atoms with E-state index in [0.29, 0.717) is 23.7 Å². The molecule has 1 amide bonds. The van der Waals surface area contributed by atoms with Gasteiger partial charge < -0.3 is 19.9 Å². The van der Waals surface area contributed by atoms with Crippen LogP contribution in [0.15, 0.2) is 18.2 Å². The molecule has 2 aromatic rings. The van der Waals surface area contributed by atoms with E-state index in [9.17, 15) is 9.59 Å². The number of aromatic amines is 1. The molecular formula is C15H18N4O5. The van der Waals surface area contributed by atoms with E-state index in [4.69, 9.17) is 19.9 Å². The van der Waals surface area contributed by atoms with Crippen molar-refractivity contribution in [2.24, 2.45) is 5.73 Å². The van der Waals surface area contributed by atoms with Gasteiger partial charge in [-0.1, -0.05) is 6.07 Å². The average Bonchev–Trinajstić information content (AvgIpc) is 3.05. The molecule has 9 heteroatoms. The number of esters is 1. The second-order valence-corrected chi connectivity index (χ2v) is 4.63. The minimum absolute atomic E-state index is 0.0153. The zero-order valence-corrected chi connectivity index (χ0v) is 13.4. The maximum atomic E-state index is 11.5. The zero-order chi connectivity index (χ0) is 17.5. The molecule has 2 rings (SSSR count). The summed E-state index contributed by atoms with van der Waals surface area (Å²) in [4.78, 5) is 22.9. The fourth-order valence-corrected chi connectivity index (χ4v) is 2.07.